The van der Waals surface area contributed by atoms with Crippen LogP contribution >= 0.6 is 0 Å². The summed E-state index contributed by atoms with van der Waals surface area (Å²) in [6.45, 7) is 4.69. The molecule has 100 valence electrons. The number of ether oxygens (including phenoxy) is 2. The van der Waals surface area contributed by atoms with Crippen LogP contribution in [0, 0.1) is 0 Å². The predicted molar refractivity (Wildman–Crippen MR) is 72.5 cm³/mol. The summed E-state index contributed by atoms with van der Waals surface area (Å²) in [7, 11) is 1.73. The minimum Gasteiger partial charge on any atom is -0.380 e. The maximum Gasteiger partial charge on any atom is 0.0839 e. The summed E-state index contributed by atoms with van der Waals surface area (Å²) >= 11 is 0. The zero-order chi connectivity index (χ0) is 12.8. The van der Waals surface area contributed by atoms with E-state index in [1.165, 1.54) is 11.1 Å². The van der Waals surface area contributed by atoms with Crippen molar-refractivity contribution >= 4 is 0 Å². The van der Waals surface area contributed by atoms with Gasteiger partial charge in [-0.3, -0.25) is 0 Å². The molecule has 0 spiro atoms. The highest BCUT2D eigenvalue weighted by atomic mass is 16.5. The van der Waals surface area contributed by atoms with Crippen molar-refractivity contribution in [1.29, 1.82) is 0 Å². The average Bonchev–Trinajstić information content (AvgIpc) is 2.40. The first-order valence-electron chi connectivity index (χ1n) is 6.76. The minimum atomic E-state index is 0.222. The highest BCUT2D eigenvalue weighted by molar-refractivity contribution is 5.25. The van der Waals surface area contributed by atoms with Gasteiger partial charge in [-0.2, -0.15) is 0 Å². The molecule has 0 amide bonds. The Morgan fingerprint density at radius 1 is 1.44 bits per heavy atom. The minimum absolute atomic E-state index is 0.222. The van der Waals surface area contributed by atoms with E-state index in [2.05, 4.69) is 36.5 Å². The number of methoxy groups -OCH3 is 1. The zero-order valence-electron chi connectivity index (χ0n) is 11.3. The molecular weight excluding hydrogens is 226 g/mol. The molecule has 0 bridgehead atoms. The fraction of sp³-hybridized carbons (Fsp3) is 0.600. The molecule has 1 aliphatic heterocycles. The molecule has 2 atom stereocenters. The molecule has 1 aliphatic rings. The van der Waals surface area contributed by atoms with Gasteiger partial charge in [0.2, 0.25) is 0 Å². The van der Waals surface area contributed by atoms with Gasteiger partial charge in [0.15, 0.2) is 0 Å². The first-order valence-corrected chi connectivity index (χ1v) is 6.76. The summed E-state index contributed by atoms with van der Waals surface area (Å²) in [5.41, 5.74) is 2.48. The standard InChI is InChI=1S/C15H23NO2/c1-3-16-14-7-8-18-15(10-14)13-6-4-5-12(9-13)11-17-2/h4-6,9,14-16H,3,7-8,10-11H2,1-2H3. The Bertz CT molecular complexity index is 365. The third-order valence-corrected chi connectivity index (χ3v) is 3.41. The van der Waals surface area contributed by atoms with Gasteiger partial charge in [0.1, 0.15) is 0 Å². The molecule has 0 aromatic heterocycles. The molecule has 0 aliphatic carbocycles. The Morgan fingerprint density at radius 2 is 2.33 bits per heavy atom. The van der Waals surface area contributed by atoms with Crippen LogP contribution in [0.5, 0.6) is 0 Å². The van der Waals surface area contributed by atoms with Crippen molar-refractivity contribution in [2.24, 2.45) is 0 Å². The van der Waals surface area contributed by atoms with Crippen molar-refractivity contribution in [2.45, 2.75) is 38.5 Å². The Kier molecular flexibility index (Phi) is 5.17. The lowest BCUT2D eigenvalue weighted by Gasteiger charge is -2.30. The Morgan fingerprint density at radius 3 is 3.11 bits per heavy atom. The van der Waals surface area contributed by atoms with Crippen LogP contribution in [0.3, 0.4) is 0 Å². The quantitative estimate of drug-likeness (QED) is 0.870. The largest absolute Gasteiger partial charge is 0.380 e. The van der Waals surface area contributed by atoms with Gasteiger partial charge in [-0.25, -0.2) is 0 Å². The van der Waals surface area contributed by atoms with Crippen molar-refractivity contribution in [1.82, 2.24) is 5.32 Å². The van der Waals surface area contributed by atoms with Gasteiger partial charge in [0, 0.05) is 19.8 Å². The van der Waals surface area contributed by atoms with Crippen LogP contribution in [0.1, 0.15) is 37.0 Å². The molecule has 1 heterocycles. The molecule has 1 aromatic carbocycles. The second kappa shape index (κ2) is 6.88. The van der Waals surface area contributed by atoms with E-state index in [0.717, 1.165) is 26.0 Å². The van der Waals surface area contributed by atoms with Crippen LogP contribution in [0.15, 0.2) is 24.3 Å². The van der Waals surface area contributed by atoms with Crippen molar-refractivity contribution < 1.29 is 9.47 Å². The highest BCUT2D eigenvalue weighted by Gasteiger charge is 2.23. The number of rotatable bonds is 5. The number of benzene rings is 1. The average molecular weight is 249 g/mol. The molecule has 3 nitrogen and oxygen atoms in total. The topological polar surface area (TPSA) is 30.5 Å². The molecule has 1 fully saturated rings. The second-order valence-electron chi connectivity index (χ2n) is 4.82. The van der Waals surface area contributed by atoms with E-state index in [1.807, 2.05) is 0 Å². The van der Waals surface area contributed by atoms with Crippen molar-refractivity contribution in [3.8, 4) is 0 Å². The van der Waals surface area contributed by atoms with Crippen LogP contribution in [0.25, 0.3) is 0 Å². The monoisotopic (exact) mass is 249 g/mol. The van der Waals surface area contributed by atoms with E-state index in [9.17, 15) is 0 Å². The fourth-order valence-electron chi connectivity index (χ4n) is 2.55. The maximum atomic E-state index is 5.89. The van der Waals surface area contributed by atoms with Crippen molar-refractivity contribution in [3.63, 3.8) is 0 Å². The Hall–Kier alpha value is -0.900. The summed E-state index contributed by atoms with van der Waals surface area (Å²) in [4.78, 5) is 0. The van der Waals surface area contributed by atoms with Gasteiger partial charge in [0.25, 0.3) is 0 Å². The molecular formula is C15H23NO2. The Balaban J connectivity index is 2.03. The first kappa shape index (κ1) is 13.5. The van der Waals surface area contributed by atoms with E-state index in [-0.39, 0.29) is 6.10 Å². The molecule has 1 saturated heterocycles. The first-order chi connectivity index (χ1) is 8.83. The SMILES string of the molecule is CCNC1CCOC(c2cccc(COC)c2)C1. The van der Waals surface area contributed by atoms with Gasteiger partial charge in [-0.15, -0.1) is 0 Å². The third kappa shape index (κ3) is 3.55. The van der Waals surface area contributed by atoms with Crippen LogP contribution in [-0.4, -0.2) is 26.3 Å². The predicted octanol–water partition coefficient (Wildman–Crippen LogP) is 2.66. The van der Waals surface area contributed by atoms with E-state index in [4.69, 9.17) is 9.47 Å². The molecule has 1 N–H and O–H groups in total. The highest BCUT2D eigenvalue weighted by Crippen LogP contribution is 2.28. The van der Waals surface area contributed by atoms with Crippen LogP contribution in [-0.2, 0) is 16.1 Å². The zero-order valence-corrected chi connectivity index (χ0v) is 11.3. The maximum absolute atomic E-state index is 5.89. The normalized spacial score (nSPS) is 24.1. The fourth-order valence-corrected chi connectivity index (χ4v) is 2.55. The summed E-state index contributed by atoms with van der Waals surface area (Å²) in [6, 6.07) is 9.11. The van der Waals surface area contributed by atoms with E-state index in [0.29, 0.717) is 12.6 Å². The molecule has 1 aromatic rings. The molecule has 2 unspecified atom stereocenters. The molecule has 2 rings (SSSR count). The number of hydrogen-bond donors (Lipinski definition) is 1. The van der Waals surface area contributed by atoms with E-state index >= 15 is 0 Å². The number of hydrogen-bond acceptors (Lipinski definition) is 3. The summed E-state index contributed by atoms with van der Waals surface area (Å²) in [5, 5.41) is 3.52. The molecule has 3 heteroatoms. The van der Waals surface area contributed by atoms with Crippen molar-refractivity contribution in [3.05, 3.63) is 35.4 Å². The van der Waals surface area contributed by atoms with Crippen molar-refractivity contribution in [2.75, 3.05) is 20.3 Å². The van der Waals surface area contributed by atoms with Crippen LogP contribution < -0.4 is 5.32 Å². The van der Waals surface area contributed by atoms with Crippen LogP contribution in [0.2, 0.25) is 0 Å². The lowest BCUT2D eigenvalue weighted by atomic mass is 9.96. The van der Waals surface area contributed by atoms with Gasteiger partial charge in [-0.1, -0.05) is 31.2 Å². The van der Waals surface area contributed by atoms with Crippen LogP contribution in [0.4, 0.5) is 0 Å². The second-order valence-corrected chi connectivity index (χ2v) is 4.82. The summed E-state index contributed by atoms with van der Waals surface area (Å²) < 4.78 is 11.1. The van der Waals surface area contributed by atoms with E-state index in [1.54, 1.807) is 7.11 Å². The lowest BCUT2D eigenvalue weighted by Crippen LogP contribution is -2.35. The Labute approximate surface area is 109 Å². The smallest absolute Gasteiger partial charge is 0.0839 e. The number of nitrogens with one attached hydrogen (secondary N) is 1. The lowest BCUT2D eigenvalue weighted by molar-refractivity contribution is 0.000497. The van der Waals surface area contributed by atoms with Gasteiger partial charge in [0.05, 0.1) is 12.7 Å². The molecule has 0 saturated carbocycles. The van der Waals surface area contributed by atoms with E-state index < -0.39 is 0 Å². The van der Waals surface area contributed by atoms with Gasteiger partial charge in [-0.05, 0) is 30.5 Å². The molecule has 0 radical (unpaired) electrons. The van der Waals surface area contributed by atoms with Gasteiger partial charge >= 0.3 is 0 Å². The van der Waals surface area contributed by atoms with Gasteiger partial charge < -0.3 is 14.8 Å². The summed E-state index contributed by atoms with van der Waals surface area (Å²) in [5.74, 6) is 0. The third-order valence-electron chi connectivity index (χ3n) is 3.41. The molecule has 18 heavy (non-hydrogen) atoms. The summed E-state index contributed by atoms with van der Waals surface area (Å²) in [6.07, 6.45) is 2.39.